The number of nitrogens with zero attached hydrogens (tertiary/aromatic N) is 4. The monoisotopic (exact) mass is 436 g/mol. The van der Waals surface area contributed by atoms with Gasteiger partial charge in [0.25, 0.3) is 0 Å². The molecule has 2 atom stereocenters. The van der Waals surface area contributed by atoms with E-state index in [9.17, 15) is 0 Å². The average molecular weight is 437 g/mol. The molecule has 0 spiro atoms. The van der Waals surface area contributed by atoms with E-state index < -0.39 is 5.79 Å². The normalized spacial score (nSPS) is 20.7. The number of hydrogen-bond donors (Lipinski definition) is 0. The lowest BCUT2D eigenvalue weighted by atomic mass is 10.1. The van der Waals surface area contributed by atoms with Gasteiger partial charge >= 0.3 is 0 Å². The quantitative estimate of drug-likeness (QED) is 0.437. The minimum atomic E-state index is -0.926. The molecule has 8 heteroatoms. The molecule has 0 bridgehead atoms. The zero-order chi connectivity index (χ0) is 21.1. The second-order valence-electron chi connectivity index (χ2n) is 7.32. The van der Waals surface area contributed by atoms with Crippen molar-refractivity contribution in [2.24, 2.45) is 0 Å². The highest BCUT2D eigenvalue weighted by Gasteiger charge is 2.44. The fraction of sp³-hybridized carbons (Fsp3) is 0.217. The van der Waals surface area contributed by atoms with Gasteiger partial charge in [0.2, 0.25) is 5.79 Å². The maximum atomic E-state index is 6.40. The van der Waals surface area contributed by atoms with Crippen LogP contribution in [-0.4, -0.2) is 38.4 Å². The maximum Gasteiger partial charge on any atom is 0.214 e. The van der Waals surface area contributed by atoms with Gasteiger partial charge < -0.3 is 23.3 Å². The van der Waals surface area contributed by atoms with Crippen LogP contribution in [0.2, 0.25) is 5.02 Å². The first-order valence-corrected chi connectivity index (χ1v) is 10.3. The van der Waals surface area contributed by atoms with Crippen molar-refractivity contribution in [3.63, 3.8) is 0 Å². The SMILES string of the molecule is Clc1ccc(C2(Cn3ccnc3)OCC(COc3ccc(-n4ccnc4)cc3)O2)cc1. The minimum Gasteiger partial charge on any atom is -0.491 e. The van der Waals surface area contributed by atoms with E-state index in [1.165, 1.54) is 0 Å². The van der Waals surface area contributed by atoms with E-state index in [0.717, 1.165) is 17.0 Å². The van der Waals surface area contributed by atoms with E-state index in [2.05, 4.69) is 9.97 Å². The molecule has 7 nitrogen and oxygen atoms in total. The molecule has 2 aromatic carbocycles. The van der Waals surface area contributed by atoms with Crippen molar-refractivity contribution < 1.29 is 14.2 Å². The van der Waals surface area contributed by atoms with Crippen molar-refractivity contribution >= 4 is 11.6 Å². The Balaban J connectivity index is 1.27. The van der Waals surface area contributed by atoms with E-state index in [1.54, 1.807) is 25.0 Å². The van der Waals surface area contributed by atoms with E-state index in [0.29, 0.717) is 24.8 Å². The fourth-order valence-electron chi connectivity index (χ4n) is 3.61. The Morgan fingerprint density at radius 2 is 1.77 bits per heavy atom. The summed E-state index contributed by atoms with van der Waals surface area (Å²) in [6.45, 7) is 1.28. The van der Waals surface area contributed by atoms with Crippen LogP contribution < -0.4 is 4.74 Å². The van der Waals surface area contributed by atoms with Crippen LogP contribution in [0.3, 0.4) is 0 Å². The number of ether oxygens (including phenoxy) is 3. The molecule has 0 saturated carbocycles. The zero-order valence-electron chi connectivity index (χ0n) is 16.7. The molecule has 5 rings (SSSR count). The number of hydrogen-bond acceptors (Lipinski definition) is 5. The molecule has 1 aliphatic heterocycles. The molecule has 4 aromatic rings. The van der Waals surface area contributed by atoms with E-state index in [-0.39, 0.29) is 6.10 Å². The van der Waals surface area contributed by atoms with Gasteiger partial charge in [0.1, 0.15) is 18.5 Å². The van der Waals surface area contributed by atoms with Gasteiger partial charge in [-0.3, -0.25) is 0 Å². The molecule has 1 aliphatic rings. The number of rotatable bonds is 7. The summed E-state index contributed by atoms with van der Waals surface area (Å²) in [7, 11) is 0. The van der Waals surface area contributed by atoms with Crippen LogP contribution in [0, 0.1) is 0 Å². The molecule has 2 aromatic heterocycles. The van der Waals surface area contributed by atoms with Gasteiger partial charge in [-0.25, -0.2) is 9.97 Å². The van der Waals surface area contributed by atoms with Crippen molar-refractivity contribution in [1.82, 2.24) is 19.1 Å². The van der Waals surface area contributed by atoms with Crippen LogP contribution in [0.5, 0.6) is 5.75 Å². The first-order valence-electron chi connectivity index (χ1n) is 9.95. The van der Waals surface area contributed by atoms with Gasteiger partial charge in [-0.15, -0.1) is 0 Å². The van der Waals surface area contributed by atoms with Crippen molar-refractivity contribution in [2.75, 3.05) is 13.2 Å². The van der Waals surface area contributed by atoms with Crippen molar-refractivity contribution in [3.05, 3.63) is 96.6 Å². The second-order valence-corrected chi connectivity index (χ2v) is 7.76. The van der Waals surface area contributed by atoms with Crippen LogP contribution in [0.15, 0.2) is 86.0 Å². The van der Waals surface area contributed by atoms with Gasteiger partial charge in [-0.2, -0.15) is 0 Å². The first-order chi connectivity index (χ1) is 15.2. The van der Waals surface area contributed by atoms with E-state index >= 15 is 0 Å². The predicted molar refractivity (Wildman–Crippen MR) is 115 cm³/mol. The number of aromatic nitrogens is 4. The smallest absolute Gasteiger partial charge is 0.214 e. The average Bonchev–Trinajstić information content (AvgIpc) is 3.57. The van der Waals surface area contributed by atoms with E-state index in [1.807, 2.05) is 70.1 Å². The second kappa shape index (κ2) is 8.55. The predicted octanol–water partition coefficient (Wildman–Crippen LogP) is 4.07. The van der Waals surface area contributed by atoms with Gasteiger partial charge in [0.15, 0.2) is 0 Å². The largest absolute Gasteiger partial charge is 0.491 e. The van der Waals surface area contributed by atoms with Gasteiger partial charge in [-0.1, -0.05) is 23.7 Å². The molecule has 3 heterocycles. The Morgan fingerprint density at radius 1 is 1.00 bits per heavy atom. The number of halogens is 1. The van der Waals surface area contributed by atoms with Gasteiger partial charge in [0, 0.05) is 41.1 Å². The van der Waals surface area contributed by atoms with Crippen LogP contribution in [0.4, 0.5) is 0 Å². The van der Waals surface area contributed by atoms with Crippen molar-refractivity contribution in [1.29, 1.82) is 0 Å². The standard InChI is InChI=1S/C23H21ClN4O3/c24-19-3-1-18(2-4-19)23(15-27-11-9-25-16-27)30-14-22(31-23)13-29-21-7-5-20(6-8-21)28-12-10-26-17-28/h1-12,16-17,22H,13-15H2. The molecule has 1 fully saturated rings. The molecular formula is C23H21ClN4O3. The number of imidazole rings is 2. The highest BCUT2D eigenvalue weighted by molar-refractivity contribution is 6.30. The summed E-state index contributed by atoms with van der Waals surface area (Å²) < 4.78 is 22.5. The lowest BCUT2D eigenvalue weighted by Crippen LogP contribution is -2.34. The molecule has 0 radical (unpaired) electrons. The molecule has 31 heavy (non-hydrogen) atoms. The third-order valence-electron chi connectivity index (χ3n) is 5.17. The van der Waals surface area contributed by atoms with E-state index in [4.69, 9.17) is 25.8 Å². The Kier molecular flexibility index (Phi) is 5.46. The summed E-state index contributed by atoms with van der Waals surface area (Å²) in [5.74, 6) is -0.156. The summed E-state index contributed by atoms with van der Waals surface area (Å²) in [5, 5.41) is 0.665. The highest BCUT2D eigenvalue weighted by Crippen LogP contribution is 2.36. The lowest BCUT2D eigenvalue weighted by Gasteiger charge is -2.29. The number of benzene rings is 2. The molecule has 2 unspecified atom stereocenters. The Morgan fingerprint density at radius 3 is 2.48 bits per heavy atom. The summed E-state index contributed by atoms with van der Waals surface area (Å²) >= 11 is 6.07. The Hall–Kier alpha value is -3.13. The summed E-state index contributed by atoms with van der Waals surface area (Å²) in [4.78, 5) is 8.19. The van der Waals surface area contributed by atoms with Crippen LogP contribution >= 0.6 is 11.6 Å². The molecular weight excluding hydrogens is 416 g/mol. The summed E-state index contributed by atoms with van der Waals surface area (Å²) in [6.07, 6.45) is 10.6. The Labute approximate surface area is 184 Å². The summed E-state index contributed by atoms with van der Waals surface area (Å²) in [5.41, 5.74) is 1.92. The molecule has 158 valence electrons. The first kappa shape index (κ1) is 19.8. The third kappa shape index (κ3) is 4.34. The van der Waals surface area contributed by atoms with Crippen LogP contribution in [0.25, 0.3) is 5.69 Å². The molecule has 0 N–H and O–H groups in total. The van der Waals surface area contributed by atoms with Crippen LogP contribution in [-0.2, 0) is 21.8 Å². The lowest BCUT2D eigenvalue weighted by molar-refractivity contribution is -0.189. The minimum absolute atomic E-state index is 0.215. The van der Waals surface area contributed by atoms with Gasteiger partial charge in [-0.05, 0) is 36.4 Å². The maximum absolute atomic E-state index is 6.40. The van der Waals surface area contributed by atoms with Gasteiger partial charge in [0.05, 0.1) is 25.8 Å². The molecule has 0 aliphatic carbocycles. The zero-order valence-corrected chi connectivity index (χ0v) is 17.4. The van der Waals surface area contributed by atoms with Crippen molar-refractivity contribution in [2.45, 2.75) is 18.4 Å². The van der Waals surface area contributed by atoms with Crippen LogP contribution in [0.1, 0.15) is 5.56 Å². The Bertz CT molecular complexity index is 1100. The topological polar surface area (TPSA) is 63.3 Å². The molecule has 0 amide bonds. The highest BCUT2D eigenvalue weighted by atomic mass is 35.5. The summed E-state index contributed by atoms with van der Waals surface area (Å²) in [6, 6.07) is 15.4. The van der Waals surface area contributed by atoms with Crippen molar-refractivity contribution in [3.8, 4) is 11.4 Å². The molecule has 1 saturated heterocycles. The third-order valence-corrected chi connectivity index (χ3v) is 5.42. The fourth-order valence-corrected chi connectivity index (χ4v) is 3.74.